The molecule has 0 unspecified atom stereocenters. The fourth-order valence-corrected chi connectivity index (χ4v) is 2.05. The smallest absolute Gasteiger partial charge is 0.221 e. The highest BCUT2D eigenvalue weighted by atomic mass is 35.5. The van der Waals surface area contributed by atoms with Gasteiger partial charge in [-0.3, -0.25) is 4.79 Å². The molecule has 0 aliphatic rings. The van der Waals surface area contributed by atoms with Crippen LogP contribution in [0.1, 0.15) is 25.5 Å². The van der Waals surface area contributed by atoms with Crippen LogP contribution in [0, 0.1) is 0 Å². The van der Waals surface area contributed by atoms with Crippen LogP contribution in [0.3, 0.4) is 0 Å². The molecule has 0 saturated carbocycles. The zero-order valence-electron chi connectivity index (χ0n) is 11.8. The fraction of sp³-hybridized carbons (Fsp3) is 0.188. The summed E-state index contributed by atoms with van der Waals surface area (Å²) in [6.45, 7) is 3.10. The number of nitrogens with one attached hydrogen (secondary N) is 1. The average molecular weight is 306 g/mol. The first-order valence-electron chi connectivity index (χ1n) is 6.49. The lowest BCUT2D eigenvalue weighted by Gasteiger charge is -2.13. The van der Waals surface area contributed by atoms with Crippen molar-refractivity contribution in [3.05, 3.63) is 53.1 Å². The van der Waals surface area contributed by atoms with E-state index in [9.17, 15) is 9.90 Å². The topological polar surface area (TPSA) is 58.6 Å². The van der Waals surface area contributed by atoms with Crippen molar-refractivity contribution in [3.63, 3.8) is 0 Å². The molecule has 0 aliphatic carbocycles. The van der Waals surface area contributed by atoms with Crippen molar-refractivity contribution in [1.82, 2.24) is 0 Å². The number of carbonyl (C=O) groups excluding carboxylic acids is 1. The number of carbonyl (C=O) groups is 1. The number of rotatable bonds is 4. The van der Waals surface area contributed by atoms with Crippen LogP contribution < -0.4 is 10.1 Å². The highest BCUT2D eigenvalue weighted by Crippen LogP contribution is 2.34. The number of amides is 1. The number of hydrogen-bond acceptors (Lipinski definition) is 3. The number of aliphatic hydroxyl groups excluding tert-OH is 1. The molecule has 0 radical (unpaired) electrons. The maximum absolute atomic E-state index is 11.2. The third-order valence-electron chi connectivity index (χ3n) is 2.86. The van der Waals surface area contributed by atoms with E-state index >= 15 is 0 Å². The maximum Gasteiger partial charge on any atom is 0.221 e. The predicted octanol–water partition coefficient (Wildman–Crippen LogP) is 4.14. The van der Waals surface area contributed by atoms with Crippen LogP contribution in [-0.4, -0.2) is 11.0 Å². The van der Waals surface area contributed by atoms with Crippen molar-refractivity contribution in [2.24, 2.45) is 0 Å². The molecule has 2 aromatic rings. The molecule has 2 rings (SSSR count). The monoisotopic (exact) mass is 305 g/mol. The number of hydrogen-bond donors (Lipinski definition) is 2. The van der Waals surface area contributed by atoms with E-state index in [-0.39, 0.29) is 5.91 Å². The zero-order valence-corrected chi connectivity index (χ0v) is 12.5. The minimum atomic E-state index is -0.594. The Hall–Kier alpha value is -2.04. The molecule has 0 fully saturated rings. The van der Waals surface area contributed by atoms with Gasteiger partial charge < -0.3 is 15.2 Å². The minimum absolute atomic E-state index is 0.179. The van der Waals surface area contributed by atoms with Gasteiger partial charge in [0.2, 0.25) is 5.91 Å². The van der Waals surface area contributed by atoms with Crippen molar-refractivity contribution >= 4 is 23.2 Å². The molecule has 2 aromatic carbocycles. The van der Waals surface area contributed by atoms with Crippen LogP contribution in [0.5, 0.6) is 11.5 Å². The van der Waals surface area contributed by atoms with E-state index in [1.807, 2.05) is 0 Å². The summed E-state index contributed by atoms with van der Waals surface area (Å²) >= 11 is 6.16. The van der Waals surface area contributed by atoms with Crippen molar-refractivity contribution in [2.45, 2.75) is 20.0 Å². The third kappa shape index (κ3) is 3.97. The van der Waals surface area contributed by atoms with Gasteiger partial charge in [0.25, 0.3) is 0 Å². The molecule has 4 nitrogen and oxygen atoms in total. The third-order valence-corrected chi connectivity index (χ3v) is 3.15. The van der Waals surface area contributed by atoms with Crippen molar-refractivity contribution in [1.29, 1.82) is 0 Å². The summed E-state index contributed by atoms with van der Waals surface area (Å²) in [4.78, 5) is 11.2. The molecule has 0 spiro atoms. The second kappa shape index (κ2) is 6.61. The van der Waals surface area contributed by atoms with Gasteiger partial charge in [0, 0.05) is 6.92 Å². The molecule has 0 aromatic heterocycles. The first-order valence-corrected chi connectivity index (χ1v) is 6.87. The van der Waals surface area contributed by atoms with E-state index in [0.29, 0.717) is 27.8 Å². The first kappa shape index (κ1) is 15.4. The molecule has 21 heavy (non-hydrogen) atoms. The molecule has 0 saturated heterocycles. The summed E-state index contributed by atoms with van der Waals surface area (Å²) < 4.78 is 5.75. The lowest BCUT2D eigenvalue weighted by Crippen LogP contribution is -2.06. The van der Waals surface area contributed by atoms with E-state index in [4.69, 9.17) is 16.3 Å². The molecule has 5 heteroatoms. The molecular formula is C16H16ClNO3. The Morgan fingerprint density at radius 2 is 1.95 bits per heavy atom. The number of aliphatic hydroxyl groups is 1. The van der Waals surface area contributed by atoms with Crippen molar-refractivity contribution in [3.8, 4) is 11.5 Å². The highest BCUT2D eigenvalue weighted by Gasteiger charge is 2.10. The number of ether oxygens (including phenoxy) is 1. The quantitative estimate of drug-likeness (QED) is 0.892. The van der Waals surface area contributed by atoms with Crippen LogP contribution in [0.4, 0.5) is 5.69 Å². The van der Waals surface area contributed by atoms with Gasteiger partial charge in [-0.05, 0) is 36.8 Å². The summed E-state index contributed by atoms with van der Waals surface area (Å²) in [5.41, 5.74) is 1.28. The molecule has 0 heterocycles. The number of halogens is 1. The standard InChI is InChI=1S/C16H16ClNO3/c1-10(19)12-7-8-15(13(17)9-12)21-16-6-4-3-5-14(16)18-11(2)20/h3-10,19H,1-2H3,(H,18,20)/t10-/m1/s1. The van der Waals surface area contributed by atoms with Gasteiger partial charge in [-0.15, -0.1) is 0 Å². The van der Waals surface area contributed by atoms with Crippen LogP contribution in [-0.2, 0) is 4.79 Å². The maximum atomic E-state index is 11.2. The van der Waals surface area contributed by atoms with Gasteiger partial charge >= 0.3 is 0 Å². The molecule has 0 aliphatic heterocycles. The second-order valence-electron chi connectivity index (χ2n) is 4.65. The Morgan fingerprint density at radius 1 is 1.24 bits per heavy atom. The van der Waals surface area contributed by atoms with Gasteiger partial charge in [-0.25, -0.2) is 0 Å². The predicted molar refractivity (Wildman–Crippen MR) is 82.9 cm³/mol. The molecule has 2 N–H and O–H groups in total. The molecule has 1 amide bonds. The van der Waals surface area contributed by atoms with Gasteiger partial charge in [-0.1, -0.05) is 29.8 Å². The average Bonchev–Trinajstić information content (AvgIpc) is 2.42. The van der Waals surface area contributed by atoms with Crippen LogP contribution >= 0.6 is 11.6 Å². The largest absolute Gasteiger partial charge is 0.454 e. The van der Waals surface area contributed by atoms with Gasteiger partial charge in [-0.2, -0.15) is 0 Å². The van der Waals surface area contributed by atoms with Gasteiger partial charge in [0.05, 0.1) is 16.8 Å². The van der Waals surface area contributed by atoms with E-state index in [0.717, 1.165) is 0 Å². The Bertz CT molecular complexity index is 656. The second-order valence-corrected chi connectivity index (χ2v) is 5.05. The summed E-state index contributed by atoms with van der Waals surface area (Å²) in [7, 11) is 0. The summed E-state index contributed by atoms with van der Waals surface area (Å²) in [6.07, 6.45) is -0.594. The normalized spacial score (nSPS) is 11.8. The van der Waals surface area contributed by atoms with E-state index in [1.165, 1.54) is 6.92 Å². The molecular weight excluding hydrogens is 290 g/mol. The van der Waals surface area contributed by atoms with Crippen molar-refractivity contribution in [2.75, 3.05) is 5.32 Å². The van der Waals surface area contributed by atoms with Gasteiger partial charge in [0.1, 0.15) is 5.75 Å². The zero-order chi connectivity index (χ0) is 15.4. The number of anilines is 1. The lowest BCUT2D eigenvalue weighted by atomic mass is 10.1. The Kier molecular flexibility index (Phi) is 4.83. The highest BCUT2D eigenvalue weighted by molar-refractivity contribution is 6.32. The van der Waals surface area contributed by atoms with E-state index in [1.54, 1.807) is 49.4 Å². The fourth-order valence-electron chi connectivity index (χ4n) is 1.83. The summed E-state index contributed by atoms with van der Waals surface area (Å²) in [6, 6.07) is 12.2. The summed E-state index contributed by atoms with van der Waals surface area (Å²) in [5.74, 6) is 0.778. The first-order chi connectivity index (χ1) is 9.97. The Balaban J connectivity index is 2.28. The summed E-state index contributed by atoms with van der Waals surface area (Å²) in [5, 5.41) is 12.6. The number of para-hydroxylation sites is 2. The Labute approximate surface area is 128 Å². The molecule has 0 bridgehead atoms. The van der Waals surface area contributed by atoms with E-state index < -0.39 is 6.10 Å². The Morgan fingerprint density at radius 3 is 2.57 bits per heavy atom. The van der Waals surface area contributed by atoms with Crippen LogP contribution in [0.15, 0.2) is 42.5 Å². The molecule has 110 valence electrons. The lowest BCUT2D eigenvalue weighted by molar-refractivity contribution is -0.114. The van der Waals surface area contributed by atoms with Crippen LogP contribution in [0.2, 0.25) is 5.02 Å². The molecule has 1 atom stereocenters. The van der Waals surface area contributed by atoms with E-state index in [2.05, 4.69) is 5.32 Å². The number of benzene rings is 2. The van der Waals surface area contributed by atoms with Crippen LogP contribution in [0.25, 0.3) is 0 Å². The van der Waals surface area contributed by atoms with Crippen molar-refractivity contribution < 1.29 is 14.6 Å². The minimum Gasteiger partial charge on any atom is -0.454 e. The van der Waals surface area contributed by atoms with Gasteiger partial charge in [0.15, 0.2) is 5.75 Å². The SMILES string of the molecule is CC(=O)Nc1ccccc1Oc1ccc([C@@H](C)O)cc1Cl.